The van der Waals surface area contributed by atoms with Crippen molar-refractivity contribution in [3.05, 3.63) is 59.7 Å². The monoisotopic (exact) mass is 431 g/mol. The molecule has 32 heavy (non-hydrogen) atoms. The van der Waals surface area contributed by atoms with E-state index in [1.165, 1.54) is 12.8 Å². The Morgan fingerprint density at radius 1 is 1.22 bits per heavy atom. The lowest BCUT2D eigenvalue weighted by atomic mass is 9.91. The smallest absolute Gasteiger partial charge is 0.223 e. The molecule has 168 valence electrons. The molecular formula is C26H33N5O. The fraction of sp³-hybridized carbons (Fsp3) is 0.462. The minimum atomic E-state index is 0.110. The number of aryl methyl sites for hydroxylation is 1. The Kier molecular flexibility index (Phi) is 6.68. The van der Waals surface area contributed by atoms with E-state index in [2.05, 4.69) is 40.8 Å². The van der Waals surface area contributed by atoms with E-state index in [9.17, 15) is 4.79 Å². The first-order valence-corrected chi connectivity index (χ1v) is 11.8. The van der Waals surface area contributed by atoms with Gasteiger partial charge < -0.3 is 5.32 Å². The number of rotatable bonds is 7. The number of fused-ring (bicyclic) bond motifs is 1. The lowest BCUT2D eigenvalue weighted by Gasteiger charge is -2.14. The fourth-order valence-electron chi connectivity index (χ4n) is 4.43. The molecule has 4 rings (SSSR count). The highest BCUT2D eigenvalue weighted by Gasteiger charge is 2.24. The third-order valence-electron chi connectivity index (χ3n) is 6.65. The van der Waals surface area contributed by atoms with E-state index in [-0.39, 0.29) is 11.7 Å². The standard InChI is InChI=1S/C26H33N5O/c1-5-17(2)29-26-27-15-22(19(4)30-26)18(3)21-12-13-31-24(14-21)23(16-28-31)25(32)20-10-8-6-7-9-11-20/h12-17,20H,3,5-11H2,1-2,4H3,(H,27,29,30)/t17-/m0/s1. The van der Waals surface area contributed by atoms with E-state index >= 15 is 0 Å². The van der Waals surface area contributed by atoms with Crippen molar-refractivity contribution >= 4 is 22.8 Å². The van der Waals surface area contributed by atoms with Crippen LogP contribution in [0.4, 0.5) is 5.95 Å². The number of pyridine rings is 1. The largest absolute Gasteiger partial charge is 0.352 e. The number of nitrogens with one attached hydrogen (secondary N) is 1. The normalized spacial score (nSPS) is 16.0. The lowest BCUT2D eigenvalue weighted by Crippen LogP contribution is -2.16. The number of carbonyl (C=O) groups excluding carboxylic acids is 1. The van der Waals surface area contributed by atoms with Crippen LogP contribution in [0.15, 0.2) is 37.3 Å². The highest BCUT2D eigenvalue weighted by Crippen LogP contribution is 2.29. The molecular weight excluding hydrogens is 398 g/mol. The molecule has 0 radical (unpaired) electrons. The van der Waals surface area contributed by atoms with E-state index < -0.39 is 0 Å². The van der Waals surface area contributed by atoms with Gasteiger partial charge in [-0.1, -0.05) is 39.2 Å². The molecule has 0 amide bonds. The molecule has 6 nitrogen and oxygen atoms in total. The number of aromatic nitrogens is 4. The fourth-order valence-corrected chi connectivity index (χ4v) is 4.43. The molecule has 0 saturated heterocycles. The second-order valence-corrected chi connectivity index (χ2v) is 8.98. The van der Waals surface area contributed by atoms with Gasteiger partial charge in [0.1, 0.15) is 0 Å². The molecule has 3 aromatic rings. The summed E-state index contributed by atoms with van der Waals surface area (Å²) in [6, 6.07) is 4.31. The molecule has 0 aliphatic heterocycles. The first-order valence-electron chi connectivity index (χ1n) is 11.8. The van der Waals surface area contributed by atoms with Crippen LogP contribution in [0.25, 0.3) is 11.1 Å². The van der Waals surface area contributed by atoms with Gasteiger partial charge in [-0.05, 0) is 56.4 Å². The van der Waals surface area contributed by atoms with E-state index in [4.69, 9.17) is 0 Å². The average molecular weight is 432 g/mol. The molecule has 1 N–H and O–H groups in total. The summed E-state index contributed by atoms with van der Waals surface area (Å²) in [6.07, 6.45) is 13.2. The molecule has 1 atom stereocenters. The number of carbonyl (C=O) groups is 1. The number of ketones is 1. The first-order chi connectivity index (χ1) is 15.5. The number of anilines is 1. The zero-order valence-corrected chi connectivity index (χ0v) is 19.4. The molecule has 1 aliphatic carbocycles. The highest BCUT2D eigenvalue weighted by atomic mass is 16.1. The summed E-state index contributed by atoms with van der Waals surface area (Å²) in [5.41, 5.74) is 5.12. The molecule has 1 saturated carbocycles. The molecule has 6 heteroatoms. The van der Waals surface area contributed by atoms with Crippen LogP contribution in [0.3, 0.4) is 0 Å². The topological polar surface area (TPSA) is 72.2 Å². The molecule has 1 aliphatic rings. The minimum Gasteiger partial charge on any atom is -0.352 e. The van der Waals surface area contributed by atoms with Gasteiger partial charge in [-0.2, -0.15) is 5.10 Å². The average Bonchev–Trinajstić information content (AvgIpc) is 3.02. The molecule has 0 unspecified atom stereocenters. The van der Waals surface area contributed by atoms with Crippen LogP contribution in [0.1, 0.15) is 86.0 Å². The SMILES string of the molecule is C=C(c1ccn2ncc(C(=O)C3CCCCCC3)c2c1)c1cnc(N[C@@H](C)CC)nc1C. The summed E-state index contributed by atoms with van der Waals surface area (Å²) in [7, 11) is 0. The number of hydrogen-bond acceptors (Lipinski definition) is 5. The molecule has 0 aromatic carbocycles. The van der Waals surface area contributed by atoms with E-state index in [1.54, 1.807) is 10.7 Å². The summed E-state index contributed by atoms with van der Waals surface area (Å²) in [6.45, 7) is 10.5. The van der Waals surface area contributed by atoms with Gasteiger partial charge in [0.2, 0.25) is 5.95 Å². The molecule has 0 bridgehead atoms. The van der Waals surface area contributed by atoms with Gasteiger partial charge in [-0.3, -0.25) is 4.79 Å². The number of hydrogen-bond donors (Lipinski definition) is 1. The Bertz CT molecular complexity index is 1120. The van der Waals surface area contributed by atoms with E-state index in [1.807, 2.05) is 31.5 Å². The van der Waals surface area contributed by atoms with Crippen LogP contribution >= 0.6 is 0 Å². The van der Waals surface area contributed by atoms with Gasteiger partial charge >= 0.3 is 0 Å². The van der Waals surface area contributed by atoms with Crippen molar-refractivity contribution < 1.29 is 4.79 Å². The van der Waals surface area contributed by atoms with Crippen molar-refractivity contribution in [3.8, 4) is 0 Å². The Labute approximate surface area is 190 Å². The highest BCUT2D eigenvalue weighted by molar-refractivity contribution is 6.04. The predicted octanol–water partition coefficient (Wildman–Crippen LogP) is 5.86. The maximum Gasteiger partial charge on any atom is 0.223 e. The Morgan fingerprint density at radius 2 is 1.97 bits per heavy atom. The maximum atomic E-state index is 13.3. The van der Waals surface area contributed by atoms with Crippen molar-refractivity contribution in [3.63, 3.8) is 0 Å². The van der Waals surface area contributed by atoms with Crippen LogP contribution in [0.2, 0.25) is 0 Å². The zero-order valence-electron chi connectivity index (χ0n) is 19.4. The van der Waals surface area contributed by atoms with E-state index in [0.29, 0.717) is 17.6 Å². The Balaban J connectivity index is 1.61. The molecule has 1 fully saturated rings. The van der Waals surface area contributed by atoms with Gasteiger partial charge in [-0.25, -0.2) is 14.5 Å². The summed E-state index contributed by atoms with van der Waals surface area (Å²) >= 11 is 0. The first kappa shape index (κ1) is 22.2. The second kappa shape index (κ2) is 9.63. The molecule has 3 heterocycles. The van der Waals surface area contributed by atoms with Crippen LogP contribution in [-0.4, -0.2) is 31.4 Å². The van der Waals surface area contributed by atoms with Crippen molar-refractivity contribution in [2.45, 2.75) is 71.8 Å². The summed E-state index contributed by atoms with van der Waals surface area (Å²) < 4.78 is 1.78. The number of nitrogens with zero attached hydrogens (tertiary/aromatic N) is 4. The third kappa shape index (κ3) is 4.59. The van der Waals surface area contributed by atoms with Gasteiger partial charge in [0, 0.05) is 29.9 Å². The summed E-state index contributed by atoms with van der Waals surface area (Å²) in [4.78, 5) is 22.4. The Hall–Kier alpha value is -3.02. The second-order valence-electron chi connectivity index (χ2n) is 8.98. The van der Waals surface area contributed by atoms with Crippen LogP contribution in [-0.2, 0) is 0 Å². The van der Waals surface area contributed by atoms with Crippen LogP contribution < -0.4 is 5.32 Å². The maximum absolute atomic E-state index is 13.3. The number of Topliss-reactive ketones (excluding diaryl/α,β-unsaturated/α-hetero) is 1. The van der Waals surface area contributed by atoms with Crippen LogP contribution in [0, 0.1) is 12.8 Å². The van der Waals surface area contributed by atoms with Gasteiger partial charge in [0.25, 0.3) is 0 Å². The Morgan fingerprint density at radius 3 is 2.66 bits per heavy atom. The molecule has 3 aromatic heterocycles. The van der Waals surface area contributed by atoms with Crippen molar-refractivity contribution in [2.75, 3.05) is 5.32 Å². The lowest BCUT2D eigenvalue weighted by molar-refractivity contribution is 0.0909. The van der Waals surface area contributed by atoms with E-state index in [0.717, 1.165) is 60.0 Å². The van der Waals surface area contributed by atoms with Crippen molar-refractivity contribution in [1.82, 2.24) is 19.6 Å². The van der Waals surface area contributed by atoms with Gasteiger partial charge in [0.15, 0.2) is 5.78 Å². The zero-order chi connectivity index (χ0) is 22.7. The predicted molar refractivity (Wildman–Crippen MR) is 129 cm³/mol. The van der Waals surface area contributed by atoms with Gasteiger partial charge in [0.05, 0.1) is 23.0 Å². The third-order valence-corrected chi connectivity index (χ3v) is 6.65. The van der Waals surface area contributed by atoms with Crippen molar-refractivity contribution in [2.24, 2.45) is 5.92 Å². The molecule has 0 spiro atoms. The van der Waals surface area contributed by atoms with Crippen LogP contribution in [0.5, 0.6) is 0 Å². The summed E-state index contributed by atoms with van der Waals surface area (Å²) in [5.74, 6) is 0.971. The quantitative estimate of drug-likeness (QED) is 0.375. The minimum absolute atomic E-state index is 0.110. The van der Waals surface area contributed by atoms with Crippen molar-refractivity contribution in [1.29, 1.82) is 0 Å². The van der Waals surface area contributed by atoms with Gasteiger partial charge in [-0.15, -0.1) is 0 Å². The summed E-state index contributed by atoms with van der Waals surface area (Å²) in [5, 5.41) is 7.74.